The Morgan fingerprint density at radius 1 is 0.697 bits per heavy atom. The zero-order chi connectivity index (χ0) is 49.1. The summed E-state index contributed by atoms with van der Waals surface area (Å²) in [6.07, 6.45) is 7.57. The lowest BCUT2D eigenvalue weighted by Crippen LogP contribution is -2.59. The molecule has 1 heterocycles. The van der Waals surface area contributed by atoms with Crippen molar-refractivity contribution in [1.82, 2.24) is 31.2 Å². The van der Waals surface area contributed by atoms with Gasteiger partial charge in [0.05, 0.1) is 11.7 Å². The molecule has 0 aliphatic heterocycles. The van der Waals surface area contributed by atoms with Crippen LogP contribution in [-0.2, 0) is 62.4 Å². The number of carbonyl (C=O) groups excluding carboxylic acids is 6. The number of esters is 2. The Morgan fingerprint density at radius 2 is 1.26 bits per heavy atom. The van der Waals surface area contributed by atoms with Crippen LogP contribution in [0.4, 0.5) is 4.79 Å². The van der Waals surface area contributed by atoms with Gasteiger partial charge in [-0.25, -0.2) is 14.6 Å². The smallest absolute Gasteiger partial charge is 0.408 e. The zero-order valence-electron chi connectivity index (χ0n) is 39.4. The van der Waals surface area contributed by atoms with E-state index in [1.807, 2.05) is 50.2 Å². The summed E-state index contributed by atoms with van der Waals surface area (Å²) >= 11 is 0. The topological polar surface area (TPSA) is 268 Å². The van der Waals surface area contributed by atoms with Gasteiger partial charge in [0, 0.05) is 31.2 Å². The van der Waals surface area contributed by atoms with Gasteiger partial charge in [0.1, 0.15) is 30.8 Å². The molecule has 0 aliphatic carbocycles. The lowest BCUT2D eigenvalue weighted by atomic mass is 9.98. The fourth-order valence-corrected chi connectivity index (χ4v) is 6.17. The Morgan fingerprint density at radius 3 is 1.80 bits per heavy atom. The minimum absolute atomic E-state index is 0.00392. The third-order valence-corrected chi connectivity index (χ3v) is 9.87. The number of benzene rings is 2. The number of aliphatic carboxylic acids is 1. The largest absolute Gasteiger partial charge is 0.677 e. The average molecular weight is 921 g/mol. The minimum Gasteiger partial charge on any atom is -0.677 e. The van der Waals surface area contributed by atoms with Gasteiger partial charge in [-0.05, 0) is 56.6 Å². The summed E-state index contributed by atoms with van der Waals surface area (Å²) in [4.78, 5) is 94.9. The van der Waals surface area contributed by atoms with Gasteiger partial charge in [-0.15, -0.1) is 0 Å². The van der Waals surface area contributed by atoms with Crippen molar-refractivity contribution < 1.29 is 52.9 Å². The lowest BCUT2D eigenvalue weighted by molar-refractivity contribution is -0.173. The number of ether oxygens (including phenoxy) is 3. The van der Waals surface area contributed by atoms with Crippen molar-refractivity contribution in [3.63, 3.8) is 0 Å². The number of amides is 4. The summed E-state index contributed by atoms with van der Waals surface area (Å²) in [6.45, 7) is 12.5. The summed E-state index contributed by atoms with van der Waals surface area (Å²) in [5.41, 5.74) is 8.48. The van der Waals surface area contributed by atoms with E-state index in [0.29, 0.717) is 18.7 Å². The molecule has 7 N–H and O–H groups in total. The molecule has 364 valence electrons. The molecule has 0 saturated carbocycles. The van der Waals surface area contributed by atoms with Crippen LogP contribution in [0.15, 0.2) is 73.2 Å². The minimum atomic E-state index is -1.19. The molecular formula is C48H70N7O11-. The number of aromatic amines is 1. The van der Waals surface area contributed by atoms with Crippen molar-refractivity contribution in [2.75, 3.05) is 13.3 Å². The molecule has 0 saturated heterocycles. The third-order valence-electron chi connectivity index (χ3n) is 9.87. The highest BCUT2D eigenvalue weighted by atomic mass is 16.7. The Hall–Kier alpha value is -6.30. The number of carboxylic acids is 1. The second-order valence-electron chi connectivity index (χ2n) is 17.6. The number of rotatable bonds is 26. The molecule has 1 aromatic heterocycles. The highest BCUT2D eigenvalue weighted by Gasteiger charge is 2.33. The van der Waals surface area contributed by atoms with Crippen LogP contribution in [0.25, 0.3) is 5.73 Å². The van der Waals surface area contributed by atoms with E-state index in [1.54, 1.807) is 58.9 Å². The molecule has 3 aromatic rings. The van der Waals surface area contributed by atoms with E-state index in [1.165, 1.54) is 12.5 Å². The molecule has 18 heteroatoms. The van der Waals surface area contributed by atoms with Crippen LogP contribution in [0.5, 0.6) is 0 Å². The molecule has 0 unspecified atom stereocenters. The van der Waals surface area contributed by atoms with Gasteiger partial charge in [-0.3, -0.25) is 24.0 Å². The van der Waals surface area contributed by atoms with Crippen molar-refractivity contribution in [1.29, 1.82) is 0 Å². The number of hydrogen-bond donors (Lipinski definition) is 6. The molecule has 0 fully saturated rings. The van der Waals surface area contributed by atoms with Crippen LogP contribution in [0.3, 0.4) is 0 Å². The number of aromatic nitrogens is 2. The zero-order valence-corrected chi connectivity index (χ0v) is 39.4. The van der Waals surface area contributed by atoms with Gasteiger partial charge in [-0.2, -0.15) is 6.54 Å². The van der Waals surface area contributed by atoms with Crippen LogP contribution in [0.2, 0.25) is 0 Å². The van der Waals surface area contributed by atoms with E-state index < -0.39 is 65.3 Å². The Bertz CT molecular complexity index is 1920. The maximum atomic E-state index is 13.8. The molecule has 4 atom stereocenters. The SMILES string of the molecule is CC(C)(C)C(=O)OCOC(=O)CCCCCCC[NH-].CC(C)C[C@H](NC(=O)[C@H](Cc1cnc[nH]1)NC(=O)[C@H](Cc1ccccc1)NC(=O)OCc1ccccc1)C(=O)N[C@H](C(=O)O)C(C)C. The maximum absolute atomic E-state index is 13.8. The number of imidazole rings is 1. The van der Waals surface area contributed by atoms with Gasteiger partial charge >= 0.3 is 24.0 Å². The molecule has 4 amide bonds. The van der Waals surface area contributed by atoms with Gasteiger partial charge in [0.2, 0.25) is 24.5 Å². The summed E-state index contributed by atoms with van der Waals surface area (Å²) in [5, 5.41) is 20.2. The van der Waals surface area contributed by atoms with E-state index in [0.717, 1.165) is 43.2 Å². The first kappa shape index (κ1) is 55.8. The highest BCUT2D eigenvalue weighted by Crippen LogP contribution is 2.15. The van der Waals surface area contributed by atoms with Crippen LogP contribution in [0.1, 0.15) is 110 Å². The molecule has 0 bridgehead atoms. The number of unbranched alkanes of at least 4 members (excludes halogenated alkanes) is 4. The molecule has 66 heavy (non-hydrogen) atoms. The summed E-state index contributed by atoms with van der Waals surface area (Å²) in [5.74, 6) is -4.30. The second-order valence-corrected chi connectivity index (χ2v) is 17.6. The van der Waals surface area contributed by atoms with Gasteiger partial charge in [0.15, 0.2) is 0 Å². The van der Waals surface area contributed by atoms with Crippen molar-refractivity contribution >= 4 is 41.7 Å². The van der Waals surface area contributed by atoms with Crippen molar-refractivity contribution in [3.8, 4) is 0 Å². The molecule has 3 rings (SSSR count). The number of carbonyl (C=O) groups is 7. The van der Waals surface area contributed by atoms with Crippen molar-refractivity contribution in [3.05, 3.63) is 95.7 Å². The molecule has 2 aromatic carbocycles. The molecule has 18 nitrogen and oxygen atoms in total. The Balaban J connectivity index is 0.000000661. The quantitative estimate of drug-likeness (QED) is 0.0299. The second kappa shape index (κ2) is 30.0. The van der Waals surface area contributed by atoms with Crippen LogP contribution < -0.4 is 21.3 Å². The van der Waals surface area contributed by atoms with Crippen LogP contribution in [0, 0.1) is 17.3 Å². The third kappa shape index (κ3) is 23.1. The number of nitrogens with one attached hydrogen (secondary N) is 6. The summed E-state index contributed by atoms with van der Waals surface area (Å²) < 4.78 is 15.0. The Labute approximate surface area is 388 Å². The number of H-pyrrole nitrogens is 1. The summed E-state index contributed by atoms with van der Waals surface area (Å²) in [6, 6.07) is 13.6. The highest BCUT2D eigenvalue weighted by molar-refractivity contribution is 5.95. The molecule has 0 aliphatic rings. The molecular weight excluding hydrogens is 851 g/mol. The Kier molecular flexibility index (Phi) is 25.4. The maximum Gasteiger partial charge on any atom is 0.408 e. The first-order valence-corrected chi connectivity index (χ1v) is 22.4. The number of alkyl carbamates (subject to hydrolysis) is 1. The van der Waals surface area contributed by atoms with E-state index in [4.69, 9.17) is 19.9 Å². The number of nitrogens with zero attached hydrogens (tertiary/aromatic N) is 1. The first-order valence-electron chi connectivity index (χ1n) is 22.4. The first-order chi connectivity index (χ1) is 31.3. The summed E-state index contributed by atoms with van der Waals surface area (Å²) in [7, 11) is 0. The van der Waals surface area contributed by atoms with Gasteiger partial charge < -0.3 is 51.3 Å². The van der Waals surface area contributed by atoms with E-state index >= 15 is 0 Å². The standard InChI is InChI=1S/C34H44N6O7.C14H26NO4/c1-21(2)15-26(32(43)40-29(22(3)4)33(44)45)37-31(42)28(17-25-18-35-20-36-25)38-30(41)27(16-23-11-7-5-8-12-23)39-34(46)47-19-24-13-9-6-10-14-24;1-14(2,3)13(17)19-11-18-12(16)9-7-5-4-6-8-10-15/h5-14,18,20-22,26-29H,15-17,19H2,1-4H3,(H,35,36)(H,37,42)(H,38,41)(H,39,46)(H,40,43)(H,44,45);15H,4-11H2,1-3H3/q;-1/t26-,27-,28-,29-;/m0./s1. The predicted octanol–water partition coefficient (Wildman–Crippen LogP) is 6.20. The average Bonchev–Trinajstić information content (AvgIpc) is 3.78. The fraction of sp³-hybridized carbons (Fsp3) is 0.542. The predicted molar refractivity (Wildman–Crippen MR) is 247 cm³/mol. The normalized spacial score (nSPS) is 12.9. The van der Waals surface area contributed by atoms with E-state index in [2.05, 4.69) is 31.2 Å². The van der Waals surface area contributed by atoms with Gasteiger partial charge in [0.25, 0.3) is 0 Å². The van der Waals surface area contributed by atoms with E-state index in [9.17, 15) is 38.7 Å². The fourth-order valence-electron chi connectivity index (χ4n) is 6.17. The van der Waals surface area contributed by atoms with Gasteiger partial charge in [-0.1, -0.05) is 114 Å². The van der Waals surface area contributed by atoms with Crippen LogP contribution in [-0.4, -0.2) is 94.3 Å². The number of hydrogen-bond acceptors (Lipinski definition) is 11. The lowest BCUT2D eigenvalue weighted by Gasteiger charge is -2.27. The van der Waals surface area contributed by atoms with E-state index in [-0.39, 0.29) is 50.5 Å². The van der Waals surface area contributed by atoms with Crippen molar-refractivity contribution in [2.24, 2.45) is 17.3 Å². The van der Waals surface area contributed by atoms with Crippen molar-refractivity contribution in [2.45, 2.75) is 137 Å². The molecule has 0 spiro atoms. The monoisotopic (exact) mass is 921 g/mol. The molecule has 0 radical (unpaired) electrons. The van der Waals surface area contributed by atoms with Crippen LogP contribution >= 0.6 is 0 Å². The number of carboxylic acid groups (broad SMARTS) is 1.